The second-order valence-electron chi connectivity index (χ2n) is 16.8. The van der Waals surface area contributed by atoms with Crippen LogP contribution in [0.3, 0.4) is 0 Å². The summed E-state index contributed by atoms with van der Waals surface area (Å²) < 4.78 is 57.7. The van der Waals surface area contributed by atoms with E-state index in [9.17, 15) is 5.26 Å². The monoisotopic (exact) mass is 981 g/mol. The van der Waals surface area contributed by atoms with Crippen molar-refractivity contribution < 1.29 is 37.3 Å². The second-order valence-corrected chi connectivity index (χ2v) is 16.8. The van der Waals surface area contributed by atoms with E-state index in [2.05, 4.69) is 85.1 Å². The zero-order chi connectivity index (χ0) is 47.3. The van der Waals surface area contributed by atoms with E-state index in [4.69, 9.17) is 17.6 Å². The quantitative estimate of drug-likeness (QED) is 0.123. The Morgan fingerprint density at radius 2 is 1.49 bits per heavy atom. The summed E-state index contributed by atoms with van der Waals surface area (Å²) in [5.74, 6) is 0.305. The molecule has 0 atom stereocenters. The predicted octanol–water partition coefficient (Wildman–Crippen LogP) is 13.6. The minimum absolute atomic E-state index is 0. The Morgan fingerprint density at radius 3 is 2.15 bits per heavy atom. The van der Waals surface area contributed by atoms with Gasteiger partial charge in [0.2, 0.25) is 6.33 Å². The molecule has 9 rings (SSSR count). The number of furan rings is 1. The molecule has 6 heteroatoms. The van der Waals surface area contributed by atoms with Crippen LogP contribution in [0, 0.1) is 36.6 Å². The van der Waals surface area contributed by atoms with E-state index in [1.54, 1.807) is 16.7 Å². The first-order valence-electron chi connectivity index (χ1n) is 23.2. The zero-order valence-electron chi connectivity index (χ0n) is 41.3. The number of aromatic nitrogens is 3. The average molecular weight is 981 g/mol. The Labute approximate surface area is 382 Å². The number of benzene rings is 6. The number of fused-ring (bicyclic) bond motifs is 4. The Kier molecular flexibility index (Phi) is 10.2. The molecule has 0 fully saturated rings. The number of rotatable bonds is 6. The smallest absolute Gasteiger partial charge is 0.499 e. The predicted molar refractivity (Wildman–Crippen MR) is 245 cm³/mol. The van der Waals surface area contributed by atoms with Gasteiger partial charge in [-0.3, -0.25) is 0 Å². The van der Waals surface area contributed by atoms with Crippen LogP contribution in [0.15, 0.2) is 132 Å². The summed E-state index contributed by atoms with van der Waals surface area (Å²) in [7, 11) is 0. The number of hydrogen-bond donors (Lipinski definition) is 0. The van der Waals surface area contributed by atoms with Crippen molar-refractivity contribution in [2.24, 2.45) is 6.98 Å². The summed E-state index contributed by atoms with van der Waals surface area (Å²) in [6.07, 6.45) is 4.38. The summed E-state index contributed by atoms with van der Waals surface area (Å²) in [5, 5.41) is 12.0. The number of imidazole rings is 1. The molecule has 0 aliphatic rings. The minimum atomic E-state index is -2.38. The van der Waals surface area contributed by atoms with Gasteiger partial charge in [-0.1, -0.05) is 150 Å². The van der Waals surface area contributed by atoms with Crippen molar-refractivity contribution in [2.45, 2.75) is 72.6 Å². The van der Waals surface area contributed by atoms with Crippen molar-refractivity contribution in [2.75, 3.05) is 0 Å². The molecule has 0 aliphatic carbocycles. The van der Waals surface area contributed by atoms with Gasteiger partial charge in [0.15, 0.2) is 0 Å². The van der Waals surface area contributed by atoms with Crippen LogP contribution in [0.1, 0.15) is 96.3 Å². The molecule has 3 aromatic heterocycles. The van der Waals surface area contributed by atoms with Crippen LogP contribution in [-0.2, 0) is 32.5 Å². The standard InChI is InChI=1S/C41H39N2O.C14H11N2.Ir/c1-24(2)33-19-28(41(6,7)8)20-34(25(3)4)38(33)35-21-37(43-23-26(35)5)32-16-12-15-30-31-18-17-29(27-13-10-9-11-14-27)36(22-42)40(31)44-39(30)32;1-15-11-16(12-7-3-2-4-8-12)14-10-6-5-9-13(14)15;/h9-15,17-21,23-25H,1-8H3;2-7,9-10H,1H3;/q2*-1;+3/i5D3;1D3;. The molecule has 0 amide bonds. The summed E-state index contributed by atoms with van der Waals surface area (Å²) >= 11 is 0. The number of nitrogens with zero attached hydrogens (tertiary/aromatic N) is 4. The van der Waals surface area contributed by atoms with E-state index in [0.717, 1.165) is 49.8 Å². The van der Waals surface area contributed by atoms with Crippen molar-refractivity contribution in [3.05, 3.63) is 174 Å². The van der Waals surface area contributed by atoms with Gasteiger partial charge in [0, 0.05) is 21.3 Å². The molecule has 304 valence electrons. The first-order valence-corrected chi connectivity index (χ1v) is 20.2. The fraction of sp³-hybridized carbons (Fsp3) is 0.218. The molecule has 0 unspecified atom stereocenters. The number of para-hydroxylation sites is 3. The molecule has 0 bridgehead atoms. The molecule has 0 radical (unpaired) electrons. The van der Waals surface area contributed by atoms with Gasteiger partial charge < -0.3 is 18.5 Å². The Bertz CT molecular complexity index is 3250. The van der Waals surface area contributed by atoms with Crippen molar-refractivity contribution in [3.8, 4) is 45.3 Å². The third kappa shape index (κ3) is 8.21. The van der Waals surface area contributed by atoms with Crippen LogP contribution in [0.25, 0.3) is 72.2 Å². The van der Waals surface area contributed by atoms with Crippen molar-refractivity contribution in [3.63, 3.8) is 0 Å². The Balaban J connectivity index is 0.000000277. The molecule has 6 aromatic carbocycles. The molecule has 0 saturated heterocycles. The third-order valence-corrected chi connectivity index (χ3v) is 11.0. The first-order chi connectivity index (χ1) is 31.3. The SMILES string of the molecule is [2H]C([2H])([2H])[n+]1[c-]n(-c2[c-]cccc2)c2ccccc21.[2H]C([2H])([2H])c1cnc(-c2[c-]ccc3c2oc2c(C#N)c(-c4ccccc4)ccc23)cc1-c1c(C(C)C)cc(C(C)(C)C)cc1C(C)C.[Ir+3]. The topological polar surface area (TPSA) is 58.6 Å². The maximum absolute atomic E-state index is 10.3. The van der Waals surface area contributed by atoms with Crippen LogP contribution in [0.2, 0.25) is 0 Å². The van der Waals surface area contributed by atoms with Gasteiger partial charge in [0.25, 0.3) is 0 Å². The fourth-order valence-electron chi connectivity index (χ4n) is 7.86. The van der Waals surface area contributed by atoms with E-state index in [0.29, 0.717) is 39.1 Å². The Hall–Kier alpha value is -6.12. The van der Waals surface area contributed by atoms with Crippen LogP contribution in [-0.4, -0.2) is 9.55 Å². The second kappa shape index (κ2) is 17.5. The average Bonchev–Trinajstić information content (AvgIpc) is 3.88. The number of hydrogen-bond acceptors (Lipinski definition) is 3. The summed E-state index contributed by atoms with van der Waals surface area (Å²) in [6.45, 7) is 10.6. The molecule has 0 spiro atoms. The number of nitriles is 1. The molecule has 61 heavy (non-hydrogen) atoms. The fourth-order valence-corrected chi connectivity index (χ4v) is 7.86. The van der Waals surface area contributed by atoms with Crippen LogP contribution in [0.5, 0.6) is 0 Å². The van der Waals surface area contributed by atoms with Crippen molar-refractivity contribution >= 4 is 33.0 Å². The van der Waals surface area contributed by atoms with E-state index in [1.165, 1.54) is 16.3 Å². The zero-order valence-corrected chi connectivity index (χ0v) is 37.7. The molecular formula is C55H50IrN4O+. The molecule has 9 aromatic rings. The summed E-state index contributed by atoms with van der Waals surface area (Å²) in [5.41, 5.74) is 11.8. The van der Waals surface area contributed by atoms with Crippen LogP contribution in [0.4, 0.5) is 0 Å². The van der Waals surface area contributed by atoms with Crippen molar-refractivity contribution in [1.29, 1.82) is 5.26 Å². The molecule has 3 heterocycles. The number of aryl methyl sites for hydroxylation is 2. The van der Waals surface area contributed by atoms with E-state index in [1.807, 2.05) is 97.1 Å². The van der Waals surface area contributed by atoms with Gasteiger partial charge in [-0.25, -0.2) is 0 Å². The van der Waals surface area contributed by atoms with Crippen molar-refractivity contribution in [1.82, 2.24) is 9.55 Å². The first kappa shape index (κ1) is 35.6. The van der Waals surface area contributed by atoms with Crippen LogP contribution < -0.4 is 4.57 Å². The number of pyridine rings is 1. The normalized spacial score (nSPS) is 13.4. The Morgan fingerprint density at radius 1 is 0.787 bits per heavy atom. The summed E-state index contributed by atoms with van der Waals surface area (Å²) in [6, 6.07) is 47.4. The largest absolute Gasteiger partial charge is 3.00 e. The maximum Gasteiger partial charge on any atom is 3.00 e. The third-order valence-electron chi connectivity index (χ3n) is 11.0. The van der Waals surface area contributed by atoms with Gasteiger partial charge in [-0.15, -0.1) is 18.2 Å². The molecule has 0 aliphatic heterocycles. The van der Waals surface area contributed by atoms with E-state index in [-0.39, 0.29) is 42.9 Å². The molecule has 0 saturated carbocycles. The van der Waals surface area contributed by atoms with Gasteiger partial charge in [-0.2, -0.15) is 35.6 Å². The van der Waals surface area contributed by atoms with E-state index < -0.39 is 13.8 Å². The van der Waals surface area contributed by atoms with Gasteiger partial charge in [0.05, 0.1) is 27.7 Å². The molecule has 0 N–H and O–H groups in total. The maximum atomic E-state index is 10.3. The summed E-state index contributed by atoms with van der Waals surface area (Å²) in [4.78, 5) is 4.72. The van der Waals surface area contributed by atoms with Crippen LogP contribution >= 0.6 is 0 Å². The minimum Gasteiger partial charge on any atom is -0.499 e. The molecule has 5 nitrogen and oxygen atoms in total. The van der Waals surface area contributed by atoms with Gasteiger partial charge in [-0.05, 0) is 68.7 Å². The van der Waals surface area contributed by atoms with Gasteiger partial charge in [0.1, 0.15) is 17.2 Å². The van der Waals surface area contributed by atoms with E-state index >= 15 is 0 Å². The van der Waals surface area contributed by atoms with Gasteiger partial charge >= 0.3 is 20.1 Å². The molecular weight excluding hydrogens is 925 g/mol.